The molecule has 1 aromatic heterocycles. The highest BCUT2D eigenvalue weighted by Gasteiger charge is 2.31. The molecule has 1 aromatic carbocycles. The number of H-pyrrole nitrogens is 1. The predicted molar refractivity (Wildman–Crippen MR) is 82.2 cm³/mol. The van der Waals surface area contributed by atoms with Crippen LogP contribution in [0.25, 0.3) is 11.4 Å². The number of likely N-dealkylation sites (N-methyl/N-ethyl adjacent to an activating group) is 1. The maximum absolute atomic E-state index is 12.4. The van der Waals surface area contributed by atoms with Gasteiger partial charge in [0.25, 0.3) is 5.91 Å². The van der Waals surface area contributed by atoms with Crippen LogP contribution in [0.3, 0.4) is 0 Å². The molecule has 0 bridgehead atoms. The maximum atomic E-state index is 12.4. The molecule has 1 heterocycles. The summed E-state index contributed by atoms with van der Waals surface area (Å²) >= 11 is 0. The summed E-state index contributed by atoms with van der Waals surface area (Å²) in [6.07, 6.45) is 1.71. The Kier molecular flexibility index (Phi) is 3.94. The molecule has 6 heteroatoms. The molecule has 6 nitrogen and oxygen atoms in total. The molecule has 2 aromatic rings. The molecule has 0 radical (unpaired) electrons. The van der Waals surface area contributed by atoms with E-state index < -0.39 is 6.10 Å². The molecule has 2 N–H and O–H groups in total. The number of carbonyl (C=O) groups excluding carboxylic acids is 1. The Bertz CT molecular complexity index is 661. The maximum Gasteiger partial charge on any atom is 0.253 e. The first-order valence-electron chi connectivity index (χ1n) is 7.47. The minimum Gasteiger partial charge on any atom is -0.391 e. The van der Waals surface area contributed by atoms with Crippen molar-refractivity contribution in [2.45, 2.75) is 25.9 Å². The number of benzene rings is 1. The Labute approximate surface area is 129 Å². The molecule has 1 aliphatic carbocycles. The van der Waals surface area contributed by atoms with Gasteiger partial charge in [-0.25, -0.2) is 4.98 Å². The van der Waals surface area contributed by atoms with E-state index in [2.05, 4.69) is 15.2 Å². The van der Waals surface area contributed by atoms with Crippen molar-refractivity contribution in [2.24, 2.45) is 5.92 Å². The molecule has 1 unspecified atom stereocenters. The fourth-order valence-electron chi connectivity index (χ4n) is 2.45. The Hall–Kier alpha value is -2.21. The highest BCUT2D eigenvalue weighted by molar-refractivity contribution is 5.94. The lowest BCUT2D eigenvalue weighted by atomic mass is 10.1. The summed E-state index contributed by atoms with van der Waals surface area (Å²) < 4.78 is 0. The summed E-state index contributed by atoms with van der Waals surface area (Å²) in [5, 5.41) is 16.8. The van der Waals surface area contributed by atoms with Crippen LogP contribution in [0.1, 0.15) is 29.0 Å². The van der Waals surface area contributed by atoms with Gasteiger partial charge in [0, 0.05) is 24.7 Å². The van der Waals surface area contributed by atoms with Crippen LogP contribution in [0, 0.1) is 12.8 Å². The topological polar surface area (TPSA) is 82.1 Å². The number of nitrogens with zero attached hydrogens (tertiary/aromatic N) is 3. The van der Waals surface area contributed by atoms with Crippen molar-refractivity contribution in [2.75, 3.05) is 13.6 Å². The van der Waals surface area contributed by atoms with E-state index in [9.17, 15) is 9.90 Å². The van der Waals surface area contributed by atoms with Crippen molar-refractivity contribution in [3.05, 3.63) is 35.7 Å². The number of hydrogen-bond acceptors (Lipinski definition) is 4. The highest BCUT2D eigenvalue weighted by Crippen LogP contribution is 2.32. The number of aryl methyl sites for hydroxylation is 1. The van der Waals surface area contributed by atoms with Crippen LogP contribution in [0.2, 0.25) is 0 Å². The fraction of sp³-hybridized carbons (Fsp3) is 0.438. The smallest absolute Gasteiger partial charge is 0.253 e. The van der Waals surface area contributed by atoms with Gasteiger partial charge < -0.3 is 10.0 Å². The lowest BCUT2D eigenvalue weighted by Gasteiger charge is -2.20. The number of aliphatic hydroxyl groups is 1. The van der Waals surface area contributed by atoms with E-state index in [1.165, 1.54) is 0 Å². The van der Waals surface area contributed by atoms with E-state index in [0.717, 1.165) is 24.2 Å². The summed E-state index contributed by atoms with van der Waals surface area (Å²) in [6.45, 7) is 2.22. The Morgan fingerprint density at radius 2 is 2.09 bits per heavy atom. The monoisotopic (exact) mass is 300 g/mol. The molecule has 1 fully saturated rings. The van der Waals surface area contributed by atoms with Crippen molar-refractivity contribution < 1.29 is 9.90 Å². The third-order valence-corrected chi connectivity index (χ3v) is 3.96. The van der Waals surface area contributed by atoms with Crippen LogP contribution in [0.5, 0.6) is 0 Å². The minimum absolute atomic E-state index is 0.0857. The summed E-state index contributed by atoms with van der Waals surface area (Å²) in [7, 11) is 1.72. The summed E-state index contributed by atoms with van der Waals surface area (Å²) in [4.78, 5) is 18.2. The molecule has 1 saturated carbocycles. The van der Waals surface area contributed by atoms with Gasteiger partial charge in [-0.05, 0) is 37.8 Å². The minimum atomic E-state index is -0.413. The van der Waals surface area contributed by atoms with Crippen LogP contribution in [-0.4, -0.2) is 50.8 Å². The molecule has 3 rings (SSSR count). The molecule has 1 amide bonds. The van der Waals surface area contributed by atoms with Crippen LogP contribution in [0.15, 0.2) is 24.3 Å². The van der Waals surface area contributed by atoms with Gasteiger partial charge in [-0.3, -0.25) is 9.89 Å². The van der Waals surface area contributed by atoms with E-state index in [0.29, 0.717) is 23.9 Å². The SMILES string of the molecule is Cc1nc(-c2ccc(C(=O)N(C)CC(O)C3CC3)cc2)n[nH]1. The molecule has 116 valence electrons. The molecular weight excluding hydrogens is 280 g/mol. The predicted octanol–water partition coefficient (Wildman–Crippen LogP) is 1.62. The number of carbonyl (C=O) groups is 1. The Morgan fingerprint density at radius 3 is 2.64 bits per heavy atom. The molecule has 0 aliphatic heterocycles. The first-order valence-corrected chi connectivity index (χ1v) is 7.47. The average Bonchev–Trinajstić information content (AvgIpc) is 3.28. The van der Waals surface area contributed by atoms with Gasteiger partial charge in [-0.1, -0.05) is 12.1 Å². The van der Waals surface area contributed by atoms with Crippen molar-refractivity contribution >= 4 is 5.91 Å². The summed E-state index contributed by atoms with van der Waals surface area (Å²) in [5.74, 6) is 1.65. The van der Waals surface area contributed by atoms with Crippen molar-refractivity contribution in [3.8, 4) is 11.4 Å². The quantitative estimate of drug-likeness (QED) is 0.879. The third-order valence-electron chi connectivity index (χ3n) is 3.96. The molecule has 0 spiro atoms. The van der Waals surface area contributed by atoms with Gasteiger partial charge in [-0.2, -0.15) is 5.10 Å². The summed E-state index contributed by atoms with van der Waals surface area (Å²) in [5.41, 5.74) is 1.46. The van der Waals surface area contributed by atoms with Gasteiger partial charge in [0.05, 0.1) is 6.10 Å². The van der Waals surface area contributed by atoms with Gasteiger partial charge in [-0.15, -0.1) is 0 Å². The van der Waals surface area contributed by atoms with Gasteiger partial charge >= 0.3 is 0 Å². The van der Waals surface area contributed by atoms with Crippen LogP contribution >= 0.6 is 0 Å². The lowest BCUT2D eigenvalue weighted by molar-refractivity contribution is 0.0645. The zero-order chi connectivity index (χ0) is 15.7. The van der Waals surface area contributed by atoms with E-state index in [-0.39, 0.29) is 5.91 Å². The second kappa shape index (κ2) is 5.88. The van der Waals surface area contributed by atoms with Crippen LogP contribution in [0.4, 0.5) is 0 Å². The van der Waals surface area contributed by atoms with Crippen molar-refractivity contribution in [1.82, 2.24) is 20.1 Å². The largest absolute Gasteiger partial charge is 0.391 e. The molecule has 22 heavy (non-hydrogen) atoms. The second-order valence-electron chi connectivity index (χ2n) is 5.91. The number of hydrogen-bond donors (Lipinski definition) is 2. The number of amides is 1. The third kappa shape index (κ3) is 3.17. The first kappa shape index (κ1) is 14.7. The van der Waals surface area contributed by atoms with E-state index in [1.54, 1.807) is 24.1 Å². The number of aromatic nitrogens is 3. The highest BCUT2D eigenvalue weighted by atomic mass is 16.3. The van der Waals surface area contributed by atoms with Crippen molar-refractivity contribution in [1.29, 1.82) is 0 Å². The van der Waals surface area contributed by atoms with Crippen molar-refractivity contribution in [3.63, 3.8) is 0 Å². The van der Waals surface area contributed by atoms with Crippen LogP contribution in [-0.2, 0) is 0 Å². The number of rotatable bonds is 5. The summed E-state index contributed by atoms with van der Waals surface area (Å²) in [6, 6.07) is 7.20. The molecular formula is C16H20N4O2. The van der Waals surface area contributed by atoms with Gasteiger partial charge in [0.2, 0.25) is 0 Å². The Morgan fingerprint density at radius 1 is 1.41 bits per heavy atom. The van der Waals surface area contributed by atoms with Crippen LogP contribution < -0.4 is 0 Å². The van der Waals surface area contributed by atoms with E-state index in [1.807, 2.05) is 19.1 Å². The molecule has 1 atom stereocenters. The van der Waals surface area contributed by atoms with Gasteiger partial charge in [0.15, 0.2) is 5.82 Å². The number of nitrogens with one attached hydrogen (secondary N) is 1. The first-order chi connectivity index (χ1) is 10.5. The lowest BCUT2D eigenvalue weighted by Crippen LogP contribution is -2.35. The van der Waals surface area contributed by atoms with Gasteiger partial charge in [0.1, 0.15) is 5.82 Å². The normalized spacial score (nSPS) is 15.6. The van der Waals surface area contributed by atoms with E-state index in [4.69, 9.17) is 0 Å². The molecule has 1 aliphatic rings. The number of aromatic amines is 1. The van der Waals surface area contributed by atoms with E-state index >= 15 is 0 Å². The zero-order valence-electron chi connectivity index (χ0n) is 12.8. The standard InChI is InChI=1S/C16H20N4O2/c1-10-17-15(19-18-10)12-5-7-13(8-6-12)16(22)20(2)9-14(21)11-3-4-11/h5-8,11,14,21H,3-4,9H2,1-2H3,(H,17,18,19). The molecule has 0 saturated heterocycles. The average molecular weight is 300 g/mol. The second-order valence-corrected chi connectivity index (χ2v) is 5.91. The fourth-order valence-corrected chi connectivity index (χ4v) is 2.45. The zero-order valence-corrected chi connectivity index (χ0v) is 12.8. The Balaban J connectivity index is 1.67. The number of aliphatic hydroxyl groups excluding tert-OH is 1.